The SMILES string of the molecule is [C-]#[N+]c1c(NCCc2cccn(CCCOC)c2=O)nc2c(CCC)c(C)nn2c1N. The monoisotopic (exact) mass is 423 g/mol. The highest BCUT2D eigenvalue weighted by Gasteiger charge is 2.18. The molecule has 0 aliphatic rings. The highest BCUT2D eigenvalue weighted by atomic mass is 16.5. The summed E-state index contributed by atoms with van der Waals surface area (Å²) in [5.74, 6) is 0.696. The van der Waals surface area contributed by atoms with Crippen molar-refractivity contribution >= 4 is 23.0 Å². The van der Waals surface area contributed by atoms with Crippen molar-refractivity contribution in [3.05, 3.63) is 56.9 Å². The second-order valence-electron chi connectivity index (χ2n) is 7.41. The normalized spacial score (nSPS) is 11.0. The van der Waals surface area contributed by atoms with E-state index in [9.17, 15) is 4.79 Å². The molecule has 3 heterocycles. The molecule has 0 aliphatic heterocycles. The molecule has 3 rings (SSSR count). The van der Waals surface area contributed by atoms with Crippen LogP contribution in [0, 0.1) is 13.5 Å². The molecule has 0 aliphatic carbocycles. The summed E-state index contributed by atoms with van der Waals surface area (Å²) in [4.78, 5) is 20.9. The molecule has 0 fully saturated rings. The van der Waals surface area contributed by atoms with Crippen LogP contribution >= 0.6 is 0 Å². The van der Waals surface area contributed by atoms with Gasteiger partial charge >= 0.3 is 0 Å². The number of aryl methyl sites for hydroxylation is 3. The van der Waals surface area contributed by atoms with Crippen LogP contribution in [-0.4, -0.2) is 39.4 Å². The van der Waals surface area contributed by atoms with E-state index in [4.69, 9.17) is 17.0 Å². The zero-order chi connectivity index (χ0) is 22.4. The Balaban J connectivity index is 1.81. The average Bonchev–Trinajstić information content (AvgIpc) is 3.07. The first kappa shape index (κ1) is 22.3. The van der Waals surface area contributed by atoms with Crippen LogP contribution in [0.3, 0.4) is 0 Å². The maximum Gasteiger partial charge on any atom is 0.268 e. The van der Waals surface area contributed by atoms with Crippen molar-refractivity contribution in [1.82, 2.24) is 19.2 Å². The second-order valence-corrected chi connectivity index (χ2v) is 7.41. The van der Waals surface area contributed by atoms with Gasteiger partial charge in [0.05, 0.1) is 12.3 Å². The Kier molecular flexibility index (Phi) is 7.26. The van der Waals surface area contributed by atoms with Crippen LogP contribution < -0.4 is 16.6 Å². The van der Waals surface area contributed by atoms with Gasteiger partial charge in [-0.3, -0.25) is 4.79 Å². The van der Waals surface area contributed by atoms with Crippen LogP contribution in [-0.2, 0) is 24.1 Å². The third-order valence-corrected chi connectivity index (χ3v) is 5.22. The van der Waals surface area contributed by atoms with Gasteiger partial charge in [0, 0.05) is 44.1 Å². The number of hydrogen-bond acceptors (Lipinski definition) is 6. The summed E-state index contributed by atoms with van der Waals surface area (Å²) in [5, 5.41) is 7.67. The van der Waals surface area contributed by atoms with E-state index in [0.717, 1.165) is 30.5 Å². The lowest BCUT2D eigenvalue weighted by Gasteiger charge is -2.12. The van der Waals surface area contributed by atoms with Gasteiger partial charge in [-0.1, -0.05) is 19.4 Å². The number of methoxy groups -OCH3 is 1. The Labute approximate surface area is 181 Å². The first-order chi connectivity index (χ1) is 15.0. The Hall–Kier alpha value is -3.38. The summed E-state index contributed by atoms with van der Waals surface area (Å²) in [5.41, 5.74) is 9.75. The molecule has 9 heteroatoms. The molecule has 0 bridgehead atoms. The predicted molar refractivity (Wildman–Crippen MR) is 122 cm³/mol. The number of fused-ring (bicyclic) bond motifs is 1. The fourth-order valence-corrected chi connectivity index (χ4v) is 3.63. The van der Waals surface area contributed by atoms with Crippen molar-refractivity contribution in [2.45, 2.75) is 46.1 Å². The van der Waals surface area contributed by atoms with E-state index in [-0.39, 0.29) is 17.1 Å². The molecule has 164 valence electrons. The Morgan fingerprint density at radius 2 is 2.16 bits per heavy atom. The van der Waals surface area contributed by atoms with E-state index >= 15 is 0 Å². The molecule has 0 radical (unpaired) electrons. The van der Waals surface area contributed by atoms with Crippen molar-refractivity contribution in [2.75, 3.05) is 31.3 Å². The molecular formula is C22H29N7O2. The minimum Gasteiger partial charge on any atom is -0.392 e. The Bertz CT molecular complexity index is 1160. The lowest BCUT2D eigenvalue weighted by molar-refractivity contribution is 0.190. The number of anilines is 2. The van der Waals surface area contributed by atoms with Crippen LogP contribution in [0.25, 0.3) is 10.5 Å². The van der Waals surface area contributed by atoms with Crippen molar-refractivity contribution in [3.8, 4) is 0 Å². The van der Waals surface area contributed by atoms with E-state index in [0.29, 0.717) is 43.1 Å². The van der Waals surface area contributed by atoms with Gasteiger partial charge in [0.2, 0.25) is 0 Å². The summed E-state index contributed by atoms with van der Waals surface area (Å²) in [6.07, 6.45) is 4.88. The summed E-state index contributed by atoms with van der Waals surface area (Å²) >= 11 is 0. The largest absolute Gasteiger partial charge is 0.392 e. The zero-order valence-corrected chi connectivity index (χ0v) is 18.3. The smallest absolute Gasteiger partial charge is 0.268 e. The summed E-state index contributed by atoms with van der Waals surface area (Å²) < 4.78 is 8.31. The maximum absolute atomic E-state index is 12.7. The highest BCUT2D eigenvalue weighted by Crippen LogP contribution is 2.32. The second kappa shape index (κ2) is 10.1. The molecule has 0 saturated carbocycles. The number of nitrogens with zero attached hydrogens (tertiary/aromatic N) is 5. The van der Waals surface area contributed by atoms with Gasteiger partial charge in [-0.15, -0.1) is 0 Å². The number of nitrogen functional groups attached to an aromatic ring is 1. The topological polar surface area (TPSA) is 104 Å². The molecule has 0 atom stereocenters. The fourth-order valence-electron chi connectivity index (χ4n) is 3.63. The van der Waals surface area contributed by atoms with Gasteiger partial charge in [0.1, 0.15) is 11.6 Å². The number of rotatable bonds is 10. The summed E-state index contributed by atoms with van der Waals surface area (Å²) in [7, 11) is 1.65. The molecular weight excluding hydrogens is 394 g/mol. The molecule has 9 nitrogen and oxygen atoms in total. The van der Waals surface area contributed by atoms with Crippen LogP contribution in [0.15, 0.2) is 23.1 Å². The quantitative estimate of drug-likeness (QED) is 0.384. The van der Waals surface area contributed by atoms with Crippen molar-refractivity contribution < 1.29 is 4.74 Å². The van der Waals surface area contributed by atoms with Gasteiger partial charge in [-0.2, -0.15) is 5.10 Å². The minimum absolute atomic E-state index is 0.00891. The minimum atomic E-state index is -0.00891. The van der Waals surface area contributed by atoms with Crippen LogP contribution in [0.5, 0.6) is 0 Å². The van der Waals surface area contributed by atoms with Crippen molar-refractivity contribution in [1.29, 1.82) is 0 Å². The van der Waals surface area contributed by atoms with Gasteiger partial charge in [-0.05, 0) is 32.3 Å². The van der Waals surface area contributed by atoms with Crippen LogP contribution in [0.4, 0.5) is 17.3 Å². The third kappa shape index (κ3) is 4.70. The Morgan fingerprint density at radius 1 is 1.35 bits per heavy atom. The van der Waals surface area contributed by atoms with E-state index in [1.807, 2.05) is 19.1 Å². The third-order valence-electron chi connectivity index (χ3n) is 5.22. The fraction of sp³-hybridized carbons (Fsp3) is 0.455. The number of nitrogens with one attached hydrogen (secondary N) is 1. The van der Waals surface area contributed by atoms with E-state index in [2.05, 4.69) is 27.2 Å². The molecule has 31 heavy (non-hydrogen) atoms. The molecule has 3 N–H and O–H groups in total. The summed E-state index contributed by atoms with van der Waals surface area (Å²) in [6.45, 7) is 13.3. The van der Waals surface area contributed by atoms with Crippen molar-refractivity contribution in [3.63, 3.8) is 0 Å². The Morgan fingerprint density at radius 3 is 2.87 bits per heavy atom. The molecule has 0 unspecified atom stereocenters. The first-order valence-corrected chi connectivity index (χ1v) is 10.5. The number of pyridine rings is 1. The first-order valence-electron chi connectivity index (χ1n) is 10.5. The maximum atomic E-state index is 12.7. The lowest BCUT2D eigenvalue weighted by Crippen LogP contribution is -2.25. The summed E-state index contributed by atoms with van der Waals surface area (Å²) in [6, 6.07) is 3.71. The van der Waals surface area contributed by atoms with Gasteiger partial charge in [-0.25, -0.2) is 14.3 Å². The zero-order valence-electron chi connectivity index (χ0n) is 18.3. The highest BCUT2D eigenvalue weighted by molar-refractivity contribution is 5.80. The molecule has 0 aromatic carbocycles. The number of aromatic nitrogens is 4. The lowest BCUT2D eigenvalue weighted by atomic mass is 10.1. The van der Waals surface area contributed by atoms with E-state index < -0.39 is 0 Å². The van der Waals surface area contributed by atoms with Crippen LogP contribution in [0.1, 0.15) is 36.6 Å². The predicted octanol–water partition coefficient (Wildman–Crippen LogP) is 2.98. The van der Waals surface area contributed by atoms with Gasteiger partial charge in [0.25, 0.3) is 11.2 Å². The van der Waals surface area contributed by atoms with Gasteiger partial charge < -0.3 is 20.4 Å². The molecule has 3 aromatic heterocycles. The number of nitrogens with two attached hydrogens (primary N) is 1. The molecule has 0 saturated heterocycles. The van der Waals surface area contributed by atoms with Crippen LogP contribution in [0.2, 0.25) is 0 Å². The van der Waals surface area contributed by atoms with E-state index in [1.54, 1.807) is 22.4 Å². The van der Waals surface area contributed by atoms with Crippen molar-refractivity contribution in [2.24, 2.45) is 0 Å². The molecule has 0 spiro atoms. The standard InChI is InChI=1S/C22H29N7O2/c1-5-8-17-15(2)27-29-19(23)18(24-3)20(26-21(17)29)25-11-10-16-9-6-12-28(22(16)30)13-7-14-31-4/h6,9,12H,5,7-8,10-11,13-14,23H2,1-2,4H3,(H,25,26). The average molecular weight is 424 g/mol. The molecule has 0 amide bonds. The number of hydrogen-bond donors (Lipinski definition) is 2. The van der Waals surface area contributed by atoms with E-state index in [1.165, 1.54) is 0 Å². The number of ether oxygens (including phenoxy) is 1. The molecule has 3 aromatic rings. The van der Waals surface area contributed by atoms with Gasteiger partial charge in [0.15, 0.2) is 5.65 Å².